The first kappa shape index (κ1) is 22.9. The fourth-order valence-electron chi connectivity index (χ4n) is 5.43. The summed E-state index contributed by atoms with van der Waals surface area (Å²) in [6, 6.07) is 25.5. The van der Waals surface area contributed by atoms with Crippen LogP contribution in [0.1, 0.15) is 61.1 Å². The van der Waals surface area contributed by atoms with E-state index in [1.807, 2.05) is 6.07 Å². The number of hydrogen-bond donors (Lipinski definition) is 1. The van der Waals surface area contributed by atoms with E-state index in [2.05, 4.69) is 90.4 Å². The smallest absolute Gasteiger partial charge is 0.153 e. The fourth-order valence-corrected chi connectivity index (χ4v) is 5.43. The molecule has 2 heterocycles. The molecule has 1 N–H and O–H groups in total. The Morgan fingerprint density at radius 2 is 1.59 bits per heavy atom. The Hall–Kier alpha value is -2.82. The fraction of sp³-hybridized carbons (Fsp3) is 0.400. The first-order valence-corrected chi connectivity index (χ1v) is 12.7. The summed E-state index contributed by atoms with van der Waals surface area (Å²) in [6.07, 6.45) is 2.91. The molecule has 1 atom stereocenters. The number of nitrogens with zero attached hydrogens (tertiary/aromatic N) is 2. The van der Waals surface area contributed by atoms with Crippen LogP contribution < -0.4 is 9.64 Å². The highest BCUT2D eigenvalue weighted by Gasteiger charge is 2.26. The number of hydrogen-bond acceptors (Lipinski definition) is 4. The Balaban J connectivity index is 1.17. The number of anilines is 1. The zero-order valence-electron chi connectivity index (χ0n) is 20.4. The van der Waals surface area contributed by atoms with E-state index in [1.165, 1.54) is 16.7 Å². The van der Waals surface area contributed by atoms with Gasteiger partial charge in [0.1, 0.15) is 5.75 Å². The Morgan fingerprint density at radius 1 is 0.882 bits per heavy atom. The van der Waals surface area contributed by atoms with E-state index in [0.29, 0.717) is 5.92 Å². The van der Waals surface area contributed by atoms with E-state index in [-0.39, 0.29) is 6.10 Å². The largest absolute Gasteiger partial charge is 0.491 e. The normalized spacial score (nSPS) is 17.7. The molecular weight excluding hydrogens is 420 g/mol. The lowest BCUT2D eigenvalue weighted by molar-refractivity contribution is 0.174. The maximum Gasteiger partial charge on any atom is 0.153 e. The number of likely N-dealkylation sites (tertiary alicyclic amines) is 1. The van der Waals surface area contributed by atoms with Gasteiger partial charge in [-0.1, -0.05) is 60.7 Å². The average molecular weight is 457 g/mol. The number of para-hydroxylation sites is 2. The highest BCUT2D eigenvalue weighted by atomic mass is 16.5. The van der Waals surface area contributed by atoms with Crippen LogP contribution in [0.2, 0.25) is 0 Å². The van der Waals surface area contributed by atoms with Crippen molar-refractivity contribution in [3.05, 3.63) is 95.1 Å². The van der Waals surface area contributed by atoms with Gasteiger partial charge in [0, 0.05) is 24.3 Å². The zero-order chi connectivity index (χ0) is 23.5. The van der Waals surface area contributed by atoms with Gasteiger partial charge in [0.15, 0.2) is 6.23 Å². The molecule has 5 rings (SSSR count). The number of benzene rings is 3. The number of ether oxygens (including phenoxy) is 1. The second kappa shape index (κ2) is 10.2. The first-order chi connectivity index (χ1) is 16.6. The van der Waals surface area contributed by atoms with Crippen LogP contribution >= 0.6 is 0 Å². The lowest BCUT2D eigenvalue weighted by Crippen LogP contribution is -2.32. The van der Waals surface area contributed by atoms with Gasteiger partial charge in [-0.2, -0.15) is 0 Å². The van der Waals surface area contributed by atoms with Gasteiger partial charge >= 0.3 is 0 Å². The van der Waals surface area contributed by atoms with Crippen molar-refractivity contribution in [3.63, 3.8) is 0 Å². The van der Waals surface area contributed by atoms with Gasteiger partial charge in [0.25, 0.3) is 0 Å². The molecule has 2 aliphatic rings. The molecule has 4 nitrogen and oxygen atoms in total. The van der Waals surface area contributed by atoms with Crippen LogP contribution in [-0.2, 0) is 13.0 Å². The first-order valence-electron chi connectivity index (χ1n) is 12.7. The summed E-state index contributed by atoms with van der Waals surface area (Å²) in [7, 11) is 0. The average Bonchev–Trinajstić information content (AvgIpc) is 3.29. The van der Waals surface area contributed by atoms with Crippen LogP contribution in [0.3, 0.4) is 0 Å². The second-order valence-electron chi connectivity index (χ2n) is 9.94. The van der Waals surface area contributed by atoms with Gasteiger partial charge in [-0.3, -0.25) is 4.90 Å². The van der Waals surface area contributed by atoms with Crippen LogP contribution in [0.5, 0.6) is 5.75 Å². The minimum absolute atomic E-state index is 0.197. The second-order valence-corrected chi connectivity index (χ2v) is 9.94. The van der Waals surface area contributed by atoms with Gasteiger partial charge in [-0.15, -0.1) is 0 Å². The van der Waals surface area contributed by atoms with Crippen molar-refractivity contribution < 1.29 is 9.84 Å². The Labute approximate surface area is 203 Å². The Morgan fingerprint density at radius 3 is 2.35 bits per heavy atom. The van der Waals surface area contributed by atoms with Crippen LogP contribution in [0.4, 0.5) is 5.69 Å². The quantitative estimate of drug-likeness (QED) is 0.480. The maximum absolute atomic E-state index is 11.0. The highest BCUT2D eigenvalue weighted by molar-refractivity contribution is 5.59. The third kappa shape index (κ3) is 4.98. The minimum Gasteiger partial charge on any atom is -0.491 e. The monoisotopic (exact) mass is 456 g/mol. The molecule has 1 saturated heterocycles. The van der Waals surface area contributed by atoms with Crippen LogP contribution in [0, 0.1) is 0 Å². The zero-order valence-corrected chi connectivity index (χ0v) is 20.4. The summed E-state index contributed by atoms with van der Waals surface area (Å²) in [4.78, 5) is 4.65. The van der Waals surface area contributed by atoms with Crippen molar-refractivity contribution in [2.75, 3.05) is 24.5 Å². The van der Waals surface area contributed by atoms with Crippen molar-refractivity contribution in [2.45, 2.75) is 57.9 Å². The van der Waals surface area contributed by atoms with Gasteiger partial charge < -0.3 is 14.7 Å². The summed E-state index contributed by atoms with van der Waals surface area (Å²) in [5.74, 6) is 1.61. The molecule has 0 spiro atoms. The molecule has 0 radical (unpaired) electrons. The van der Waals surface area contributed by atoms with Crippen LogP contribution in [0.25, 0.3) is 0 Å². The summed E-state index contributed by atoms with van der Waals surface area (Å²) in [6.45, 7) is 8.19. The van der Waals surface area contributed by atoms with Gasteiger partial charge in [-0.05, 0) is 80.9 Å². The molecule has 0 amide bonds. The van der Waals surface area contributed by atoms with Crippen molar-refractivity contribution in [2.24, 2.45) is 0 Å². The topological polar surface area (TPSA) is 35.9 Å². The SMILES string of the molecule is CC(C)Oc1ccccc1C1CCN(Cc2ccc(C(O)N3CCc4ccccc43)cc2)CC1. The van der Waals surface area contributed by atoms with Gasteiger partial charge in [0.05, 0.1) is 6.10 Å². The van der Waals surface area contributed by atoms with Gasteiger partial charge in [0.2, 0.25) is 0 Å². The maximum atomic E-state index is 11.0. The minimum atomic E-state index is -0.596. The van der Waals surface area contributed by atoms with Crippen molar-refractivity contribution in [1.82, 2.24) is 4.90 Å². The molecule has 0 aromatic heterocycles. The van der Waals surface area contributed by atoms with E-state index in [1.54, 1.807) is 0 Å². The molecule has 0 saturated carbocycles. The highest BCUT2D eigenvalue weighted by Crippen LogP contribution is 2.36. The lowest BCUT2D eigenvalue weighted by atomic mass is 9.88. The molecule has 178 valence electrons. The molecule has 1 unspecified atom stereocenters. The molecule has 0 bridgehead atoms. The molecule has 3 aromatic carbocycles. The van der Waals surface area contributed by atoms with Crippen molar-refractivity contribution >= 4 is 5.69 Å². The van der Waals surface area contributed by atoms with Crippen molar-refractivity contribution in [1.29, 1.82) is 0 Å². The molecule has 0 aliphatic carbocycles. The van der Waals surface area contributed by atoms with Crippen molar-refractivity contribution in [3.8, 4) is 5.75 Å². The summed E-state index contributed by atoms with van der Waals surface area (Å²) in [5.41, 5.74) is 6.10. The number of rotatable bonds is 7. The number of aliphatic hydroxyl groups excluding tert-OH is 1. The Bertz CT molecular complexity index is 1090. The van der Waals surface area contributed by atoms with E-state index < -0.39 is 6.23 Å². The predicted octanol–water partition coefficient (Wildman–Crippen LogP) is 5.91. The van der Waals surface area contributed by atoms with E-state index in [9.17, 15) is 5.11 Å². The third-order valence-electron chi connectivity index (χ3n) is 7.21. The predicted molar refractivity (Wildman–Crippen MR) is 138 cm³/mol. The van der Waals surface area contributed by atoms with Gasteiger partial charge in [-0.25, -0.2) is 0 Å². The Kier molecular flexibility index (Phi) is 6.89. The molecule has 2 aliphatic heterocycles. The molecule has 34 heavy (non-hydrogen) atoms. The summed E-state index contributed by atoms with van der Waals surface area (Å²) in [5, 5.41) is 11.0. The standard InChI is InChI=1S/C30H36N2O2/c1-22(2)34-29-10-6-4-8-27(29)24-15-18-31(19-16-24)21-23-11-13-26(14-12-23)30(33)32-20-17-25-7-3-5-9-28(25)32/h3-14,22,24,30,33H,15-21H2,1-2H3. The molecular formula is C30H36N2O2. The van der Waals surface area contributed by atoms with E-state index >= 15 is 0 Å². The third-order valence-corrected chi connectivity index (χ3v) is 7.21. The lowest BCUT2D eigenvalue weighted by Gasteiger charge is -2.33. The van der Waals surface area contributed by atoms with E-state index in [0.717, 1.165) is 62.4 Å². The number of aliphatic hydroxyl groups is 1. The number of fused-ring (bicyclic) bond motifs is 1. The molecule has 4 heteroatoms. The van der Waals surface area contributed by atoms with Crippen LogP contribution in [-0.4, -0.2) is 35.7 Å². The van der Waals surface area contributed by atoms with Crippen LogP contribution in [0.15, 0.2) is 72.8 Å². The molecule has 3 aromatic rings. The summed E-state index contributed by atoms with van der Waals surface area (Å²) >= 11 is 0. The van der Waals surface area contributed by atoms with E-state index in [4.69, 9.17) is 4.74 Å². The summed E-state index contributed by atoms with van der Waals surface area (Å²) < 4.78 is 6.07. The molecule has 1 fully saturated rings. The number of piperidine rings is 1.